The molecule has 1 aromatic heterocycles. The quantitative estimate of drug-likeness (QED) is 0.148. The number of para-hydroxylation sites is 1. The van der Waals surface area contributed by atoms with Crippen LogP contribution in [0.5, 0.6) is 11.5 Å². The SMILES string of the molecule is CCOC(=O)C1=C(C)N=c2s/c(=C\c3cccc(OC)c3OCc3ccc([N+](=O)[O-])cc3)c(=O)n2[C@H]1c1ccccc1Cl. The topological polar surface area (TPSA) is 122 Å². The Morgan fingerprint density at radius 2 is 1.88 bits per heavy atom. The van der Waals surface area contributed by atoms with Crippen molar-refractivity contribution < 1.29 is 23.9 Å². The molecule has 220 valence electrons. The summed E-state index contributed by atoms with van der Waals surface area (Å²) in [5, 5.41) is 11.4. The van der Waals surface area contributed by atoms with Gasteiger partial charge in [0.25, 0.3) is 11.2 Å². The van der Waals surface area contributed by atoms with E-state index in [2.05, 4.69) is 4.99 Å². The van der Waals surface area contributed by atoms with Crippen molar-refractivity contribution in [3.05, 3.63) is 130 Å². The van der Waals surface area contributed by atoms with Gasteiger partial charge in [-0.25, -0.2) is 9.79 Å². The van der Waals surface area contributed by atoms with Crippen LogP contribution in [0.1, 0.15) is 36.6 Å². The van der Waals surface area contributed by atoms with Gasteiger partial charge in [0.15, 0.2) is 16.3 Å². The summed E-state index contributed by atoms with van der Waals surface area (Å²) in [5.74, 6) is 0.260. The molecule has 1 atom stereocenters. The van der Waals surface area contributed by atoms with Gasteiger partial charge in [-0.05, 0) is 55.3 Å². The molecule has 2 heterocycles. The monoisotopic (exact) mass is 619 g/mol. The number of thiazole rings is 1. The number of hydrogen-bond acceptors (Lipinski definition) is 9. The molecule has 0 unspecified atom stereocenters. The van der Waals surface area contributed by atoms with Gasteiger partial charge in [-0.2, -0.15) is 0 Å². The van der Waals surface area contributed by atoms with Crippen LogP contribution in [0.15, 0.2) is 87.8 Å². The number of non-ortho nitro benzene ring substituents is 1. The summed E-state index contributed by atoms with van der Waals surface area (Å²) >= 11 is 7.75. The highest BCUT2D eigenvalue weighted by Crippen LogP contribution is 2.35. The predicted octanol–water partition coefficient (Wildman–Crippen LogP) is 4.95. The van der Waals surface area contributed by atoms with E-state index in [4.69, 9.17) is 25.8 Å². The summed E-state index contributed by atoms with van der Waals surface area (Å²) in [6, 6.07) is 17.5. The molecule has 0 amide bonds. The van der Waals surface area contributed by atoms with E-state index in [0.717, 1.165) is 0 Å². The van der Waals surface area contributed by atoms with Crippen LogP contribution in [0, 0.1) is 10.1 Å². The van der Waals surface area contributed by atoms with E-state index in [9.17, 15) is 19.7 Å². The Labute approximate surface area is 254 Å². The van der Waals surface area contributed by atoms with Crippen LogP contribution in [0.25, 0.3) is 6.08 Å². The zero-order chi connectivity index (χ0) is 30.7. The molecule has 0 fully saturated rings. The van der Waals surface area contributed by atoms with Crippen LogP contribution in [0.4, 0.5) is 5.69 Å². The van der Waals surface area contributed by atoms with Crippen LogP contribution < -0.4 is 24.4 Å². The van der Waals surface area contributed by atoms with Crippen molar-refractivity contribution in [2.75, 3.05) is 13.7 Å². The average Bonchev–Trinajstić information content (AvgIpc) is 3.30. The van der Waals surface area contributed by atoms with E-state index in [-0.39, 0.29) is 30.0 Å². The third kappa shape index (κ3) is 5.95. The van der Waals surface area contributed by atoms with Crippen LogP contribution in [-0.2, 0) is 16.1 Å². The molecule has 0 saturated heterocycles. The highest BCUT2D eigenvalue weighted by atomic mass is 35.5. The molecule has 10 nitrogen and oxygen atoms in total. The van der Waals surface area contributed by atoms with Gasteiger partial charge in [-0.3, -0.25) is 19.5 Å². The van der Waals surface area contributed by atoms with Gasteiger partial charge in [0.05, 0.1) is 34.4 Å². The normalized spacial score (nSPS) is 14.6. The molecule has 1 aliphatic rings. The van der Waals surface area contributed by atoms with Crippen molar-refractivity contribution in [1.82, 2.24) is 4.57 Å². The first-order valence-corrected chi connectivity index (χ1v) is 14.4. The third-order valence-electron chi connectivity index (χ3n) is 6.76. The molecule has 3 aromatic carbocycles. The number of nitrogens with zero attached hydrogens (tertiary/aromatic N) is 3. The Morgan fingerprint density at radius 3 is 2.56 bits per heavy atom. The van der Waals surface area contributed by atoms with E-state index in [1.165, 1.54) is 35.1 Å². The molecule has 0 spiro atoms. The lowest BCUT2D eigenvalue weighted by atomic mass is 9.96. The fraction of sp³-hybridized carbons (Fsp3) is 0.194. The Kier molecular flexibility index (Phi) is 8.74. The molecule has 0 saturated carbocycles. The average molecular weight is 620 g/mol. The summed E-state index contributed by atoms with van der Waals surface area (Å²) in [7, 11) is 1.51. The Hall–Kier alpha value is -4.74. The number of aromatic nitrogens is 1. The van der Waals surface area contributed by atoms with E-state index in [1.54, 1.807) is 74.5 Å². The number of methoxy groups -OCH3 is 1. The molecule has 1 aliphatic heterocycles. The minimum atomic E-state index is -0.839. The molecule has 0 radical (unpaired) electrons. The lowest BCUT2D eigenvalue weighted by Crippen LogP contribution is -2.40. The Bertz CT molecular complexity index is 1930. The zero-order valence-electron chi connectivity index (χ0n) is 23.4. The van der Waals surface area contributed by atoms with Gasteiger partial charge in [-0.1, -0.05) is 53.3 Å². The summed E-state index contributed by atoms with van der Waals surface area (Å²) in [6.45, 7) is 3.69. The number of nitro groups is 1. The largest absolute Gasteiger partial charge is 0.493 e. The minimum Gasteiger partial charge on any atom is -0.493 e. The van der Waals surface area contributed by atoms with Crippen molar-refractivity contribution in [2.24, 2.45) is 4.99 Å². The third-order valence-corrected chi connectivity index (χ3v) is 8.09. The molecule has 0 bridgehead atoms. The lowest BCUT2D eigenvalue weighted by molar-refractivity contribution is -0.384. The second-order valence-electron chi connectivity index (χ2n) is 9.41. The van der Waals surface area contributed by atoms with Gasteiger partial charge in [0, 0.05) is 22.7 Å². The number of esters is 1. The van der Waals surface area contributed by atoms with Crippen molar-refractivity contribution >= 4 is 40.7 Å². The number of nitro benzene ring substituents is 1. The number of halogens is 1. The second kappa shape index (κ2) is 12.6. The summed E-state index contributed by atoms with van der Waals surface area (Å²) in [6.07, 6.45) is 1.69. The zero-order valence-corrected chi connectivity index (χ0v) is 25.0. The molecule has 43 heavy (non-hydrogen) atoms. The molecular weight excluding hydrogens is 594 g/mol. The highest BCUT2D eigenvalue weighted by molar-refractivity contribution is 7.07. The maximum absolute atomic E-state index is 14.0. The van der Waals surface area contributed by atoms with Gasteiger partial charge >= 0.3 is 5.97 Å². The van der Waals surface area contributed by atoms with Crippen molar-refractivity contribution in [3.63, 3.8) is 0 Å². The molecule has 4 aromatic rings. The van der Waals surface area contributed by atoms with Gasteiger partial charge in [0.2, 0.25) is 0 Å². The highest BCUT2D eigenvalue weighted by Gasteiger charge is 2.34. The number of ether oxygens (including phenoxy) is 3. The number of carbonyl (C=O) groups is 1. The number of fused-ring (bicyclic) bond motifs is 1. The maximum Gasteiger partial charge on any atom is 0.338 e. The van der Waals surface area contributed by atoms with Crippen molar-refractivity contribution in [2.45, 2.75) is 26.5 Å². The smallest absolute Gasteiger partial charge is 0.338 e. The lowest BCUT2D eigenvalue weighted by Gasteiger charge is -2.25. The first kappa shape index (κ1) is 29.7. The van der Waals surface area contributed by atoms with Gasteiger partial charge in [-0.15, -0.1) is 0 Å². The first-order valence-electron chi connectivity index (χ1n) is 13.2. The molecule has 0 aliphatic carbocycles. The van der Waals surface area contributed by atoms with Crippen LogP contribution in [0.2, 0.25) is 5.02 Å². The second-order valence-corrected chi connectivity index (χ2v) is 10.8. The minimum absolute atomic E-state index is 0.0199. The molecular formula is C31H26ClN3O7S. The van der Waals surface area contributed by atoms with E-state index < -0.39 is 16.9 Å². The van der Waals surface area contributed by atoms with Crippen molar-refractivity contribution in [3.8, 4) is 11.5 Å². The number of benzene rings is 3. The van der Waals surface area contributed by atoms with Crippen LogP contribution in [-0.4, -0.2) is 29.2 Å². The number of rotatable bonds is 9. The maximum atomic E-state index is 14.0. The van der Waals surface area contributed by atoms with Crippen LogP contribution >= 0.6 is 22.9 Å². The predicted molar refractivity (Wildman–Crippen MR) is 162 cm³/mol. The van der Waals surface area contributed by atoms with Crippen molar-refractivity contribution in [1.29, 1.82) is 0 Å². The molecule has 0 N–H and O–H groups in total. The molecule has 12 heteroatoms. The van der Waals surface area contributed by atoms with Gasteiger partial charge in [0.1, 0.15) is 12.6 Å². The Morgan fingerprint density at radius 1 is 1.14 bits per heavy atom. The van der Waals surface area contributed by atoms with E-state index in [0.29, 0.717) is 48.2 Å². The van der Waals surface area contributed by atoms with Gasteiger partial charge < -0.3 is 14.2 Å². The molecule has 5 rings (SSSR count). The van der Waals surface area contributed by atoms with E-state index in [1.807, 2.05) is 0 Å². The standard InChI is InChI=1S/C31H26ClN3O7S/c1-4-41-30(37)26-18(2)33-31-34(27(26)22-9-5-6-10-23(22)32)29(36)25(43-31)16-20-8-7-11-24(40-3)28(20)42-17-19-12-14-21(15-13-19)35(38)39/h5-16,27H,4,17H2,1-3H3/b25-16-/t27-/m0/s1. The first-order chi connectivity index (χ1) is 20.7. The summed E-state index contributed by atoms with van der Waals surface area (Å²) in [5.41, 5.74) is 2.14. The van der Waals surface area contributed by atoms with Crippen LogP contribution in [0.3, 0.4) is 0 Å². The fourth-order valence-electron chi connectivity index (χ4n) is 4.75. The number of carbonyl (C=O) groups excluding carboxylic acids is 1. The summed E-state index contributed by atoms with van der Waals surface area (Å²) in [4.78, 5) is 42.7. The van der Waals surface area contributed by atoms with E-state index >= 15 is 0 Å². The number of hydrogen-bond donors (Lipinski definition) is 0. The fourth-order valence-corrected chi connectivity index (χ4v) is 6.03. The Balaban J connectivity index is 1.61. The summed E-state index contributed by atoms with van der Waals surface area (Å²) < 4.78 is 18.8. The number of allylic oxidation sites excluding steroid dienone is 1.